The summed E-state index contributed by atoms with van der Waals surface area (Å²) in [6.07, 6.45) is 0. The van der Waals surface area contributed by atoms with Gasteiger partial charge in [-0.05, 0) is 30.2 Å². The molecule has 2 N–H and O–H groups in total. The molecule has 0 aliphatic carbocycles. The lowest BCUT2D eigenvalue weighted by molar-refractivity contribution is 0.888. The fourth-order valence-electron chi connectivity index (χ4n) is 2.28. The highest BCUT2D eigenvalue weighted by molar-refractivity contribution is 7.15. The minimum absolute atomic E-state index is 0.459. The highest BCUT2D eigenvalue weighted by atomic mass is 32.1. The molecule has 3 heteroatoms. The average molecular weight is 294 g/mol. The first kappa shape index (κ1) is 13.8. The molecule has 0 radical (unpaired) electrons. The molecule has 0 atom stereocenters. The van der Waals surface area contributed by atoms with E-state index in [0.717, 1.165) is 22.0 Å². The molecule has 0 amide bonds. The summed E-state index contributed by atoms with van der Waals surface area (Å²) in [6, 6.07) is 18.3. The Hall–Kier alpha value is -2.13. The van der Waals surface area contributed by atoms with E-state index in [4.69, 9.17) is 10.7 Å². The third-order valence-electron chi connectivity index (χ3n) is 3.38. The molecule has 0 spiro atoms. The normalized spacial score (nSPS) is 11.0. The van der Waals surface area contributed by atoms with Gasteiger partial charge >= 0.3 is 0 Å². The number of nitrogens with two attached hydrogens (primary N) is 1. The summed E-state index contributed by atoms with van der Waals surface area (Å²) in [5.74, 6) is 0.459. The van der Waals surface area contributed by atoms with Crippen molar-refractivity contribution in [3.63, 3.8) is 0 Å². The van der Waals surface area contributed by atoms with E-state index in [2.05, 4.69) is 38.1 Å². The van der Waals surface area contributed by atoms with Gasteiger partial charge in [0.25, 0.3) is 0 Å². The van der Waals surface area contributed by atoms with Crippen LogP contribution in [0.15, 0.2) is 54.6 Å². The van der Waals surface area contributed by atoms with Crippen molar-refractivity contribution in [2.45, 2.75) is 19.8 Å². The summed E-state index contributed by atoms with van der Waals surface area (Å²) in [5, 5.41) is 1.05. The Morgan fingerprint density at radius 1 is 0.905 bits per heavy atom. The van der Waals surface area contributed by atoms with Crippen molar-refractivity contribution in [3.05, 3.63) is 59.5 Å². The Labute approximate surface area is 129 Å². The predicted octanol–water partition coefficient (Wildman–Crippen LogP) is 5.18. The van der Waals surface area contributed by atoms with Gasteiger partial charge in [-0.2, -0.15) is 0 Å². The topological polar surface area (TPSA) is 38.9 Å². The second-order valence-corrected chi connectivity index (χ2v) is 6.41. The van der Waals surface area contributed by atoms with E-state index in [1.807, 2.05) is 30.3 Å². The number of nitrogens with zero attached hydrogens (tertiary/aromatic N) is 1. The van der Waals surface area contributed by atoms with Crippen LogP contribution in [0.4, 0.5) is 5.69 Å². The van der Waals surface area contributed by atoms with Gasteiger partial charge in [0.05, 0.1) is 5.69 Å². The summed E-state index contributed by atoms with van der Waals surface area (Å²) in [6.45, 7) is 4.43. The Morgan fingerprint density at radius 2 is 1.57 bits per heavy atom. The van der Waals surface area contributed by atoms with Gasteiger partial charge in [0, 0.05) is 21.7 Å². The molecule has 0 saturated carbocycles. The minimum atomic E-state index is 0.459. The first-order chi connectivity index (χ1) is 10.1. The summed E-state index contributed by atoms with van der Waals surface area (Å²) < 4.78 is 0. The Kier molecular flexibility index (Phi) is 3.76. The fourth-order valence-corrected chi connectivity index (χ4v) is 3.37. The molecule has 106 valence electrons. The van der Waals surface area contributed by atoms with Gasteiger partial charge in [-0.1, -0.05) is 44.2 Å². The maximum Gasteiger partial charge on any atom is 0.124 e. The number of thiazole rings is 1. The van der Waals surface area contributed by atoms with Gasteiger partial charge in [-0.15, -0.1) is 11.3 Å². The predicted molar refractivity (Wildman–Crippen MR) is 91.5 cm³/mol. The number of hydrogen-bond acceptors (Lipinski definition) is 3. The summed E-state index contributed by atoms with van der Waals surface area (Å²) in [5.41, 5.74) is 9.95. The molecular formula is C18H18N2S. The van der Waals surface area contributed by atoms with E-state index in [1.165, 1.54) is 10.4 Å². The lowest BCUT2D eigenvalue weighted by atomic mass is 10.1. The molecule has 3 rings (SSSR count). The van der Waals surface area contributed by atoms with E-state index >= 15 is 0 Å². The van der Waals surface area contributed by atoms with Crippen molar-refractivity contribution < 1.29 is 0 Å². The van der Waals surface area contributed by atoms with Crippen molar-refractivity contribution in [3.8, 4) is 21.8 Å². The molecule has 21 heavy (non-hydrogen) atoms. The largest absolute Gasteiger partial charge is 0.399 e. The highest BCUT2D eigenvalue weighted by Gasteiger charge is 2.16. The molecular weight excluding hydrogens is 276 g/mol. The molecule has 3 aromatic rings. The van der Waals surface area contributed by atoms with Gasteiger partial charge in [0.15, 0.2) is 0 Å². The van der Waals surface area contributed by atoms with Crippen molar-refractivity contribution in [2.75, 3.05) is 5.73 Å². The quantitative estimate of drug-likeness (QED) is 0.676. The van der Waals surface area contributed by atoms with Crippen LogP contribution in [0.5, 0.6) is 0 Å². The number of benzene rings is 2. The molecule has 2 aromatic carbocycles. The van der Waals surface area contributed by atoms with Crippen molar-refractivity contribution in [1.29, 1.82) is 0 Å². The number of aromatic nitrogens is 1. The second kappa shape index (κ2) is 5.70. The van der Waals surface area contributed by atoms with Gasteiger partial charge in [-0.25, -0.2) is 4.98 Å². The Bertz CT molecular complexity index is 728. The Morgan fingerprint density at radius 3 is 2.19 bits per heavy atom. The average Bonchev–Trinajstić information content (AvgIpc) is 2.94. The van der Waals surface area contributed by atoms with E-state index < -0.39 is 0 Å². The van der Waals surface area contributed by atoms with Gasteiger partial charge in [0.1, 0.15) is 5.01 Å². The smallest absolute Gasteiger partial charge is 0.124 e. The second-order valence-electron chi connectivity index (χ2n) is 5.37. The lowest BCUT2D eigenvalue weighted by Gasteiger charge is -2.04. The first-order valence-electron chi connectivity index (χ1n) is 7.07. The third-order valence-corrected chi connectivity index (χ3v) is 4.79. The van der Waals surface area contributed by atoms with Crippen molar-refractivity contribution >= 4 is 17.0 Å². The number of rotatable bonds is 3. The van der Waals surface area contributed by atoms with Gasteiger partial charge < -0.3 is 5.73 Å². The maximum absolute atomic E-state index is 5.76. The van der Waals surface area contributed by atoms with Crippen molar-refractivity contribution in [2.24, 2.45) is 0 Å². The molecule has 0 fully saturated rings. The van der Waals surface area contributed by atoms with Crippen molar-refractivity contribution in [1.82, 2.24) is 4.98 Å². The number of nitrogen functional groups attached to an aromatic ring is 1. The van der Waals surface area contributed by atoms with E-state index in [-0.39, 0.29) is 0 Å². The number of anilines is 1. The number of hydrogen-bond donors (Lipinski definition) is 1. The zero-order valence-corrected chi connectivity index (χ0v) is 13.0. The highest BCUT2D eigenvalue weighted by Crippen LogP contribution is 2.38. The van der Waals surface area contributed by atoms with E-state index in [9.17, 15) is 0 Å². The zero-order valence-electron chi connectivity index (χ0n) is 12.2. The maximum atomic E-state index is 5.76. The summed E-state index contributed by atoms with van der Waals surface area (Å²) in [4.78, 5) is 6.21. The minimum Gasteiger partial charge on any atom is -0.399 e. The van der Waals surface area contributed by atoms with E-state index in [1.54, 1.807) is 11.3 Å². The SMILES string of the molecule is CC(C)c1sc(-c2ccc(N)cc2)nc1-c1ccccc1. The van der Waals surface area contributed by atoms with Crippen LogP contribution in [0.25, 0.3) is 21.8 Å². The first-order valence-corrected chi connectivity index (χ1v) is 7.89. The fraction of sp³-hybridized carbons (Fsp3) is 0.167. The summed E-state index contributed by atoms with van der Waals surface area (Å²) >= 11 is 1.77. The van der Waals surface area contributed by atoms with Crippen LogP contribution in [0.2, 0.25) is 0 Å². The van der Waals surface area contributed by atoms with Crippen LogP contribution in [-0.2, 0) is 0 Å². The molecule has 1 aromatic heterocycles. The lowest BCUT2D eigenvalue weighted by Crippen LogP contribution is -1.87. The molecule has 0 saturated heterocycles. The van der Waals surface area contributed by atoms with E-state index in [0.29, 0.717) is 5.92 Å². The zero-order chi connectivity index (χ0) is 14.8. The molecule has 2 nitrogen and oxygen atoms in total. The Balaban J connectivity index is 2.11. The standard InChI is InChI=1S/C18H18N2S/c1-12(2)17-16(13-6-4-3-5-7-13)20-18(21-17)14-8-10-15(19)11-9-14/h3-12H,19H2,1-2H3. The van der Waals surface area contributed by atoms with Crippen LogP contribution >= 0.6 is 11.3 Å². The van der Waals surface area contributed by atoms with Crippen LogP contribution in [0.1, 0.15) is 24.6 Å². The summed E-state index contributed by atoms with van der Waals surface area (Å²) in [7, 11) is 0. The monoisotopic (exact) mass is 294 g/mol. The molecule has 1 heterocycles. The molecule has 0 aliphatic heterocycles. The van der Waals surface area contributed by atoms with Crippen LogP contribution < -0.4 is 5.73 Å². The van der Waals surface area contributed by atoms with Crippen LogP contribution in [0, 0.1) is 0 Å². The van der Waals surface area contributed by atoms with Gasteiger partial charge in [0.2, 0.25) is 0 Å². The molecule has 0 aliphatic rings. The van der Waals surface area contributed by atoms with Crippen LogP contribution in [-0.4, -0.2) is 4.98 Å². The molecule has 0 unspecified atom stereocenters. The molecule has 0 bridgehead atoms. The third kappa shape index (κ3) is 2.83. The van der Waals surface area contributed by atoms with Crippen LogP contribution in [0.3, 0.4) is 0 Å². The van der Waals surface area contributed by atoms with Gasteiger partial charge in [-0.3, -0.25) is 0 Å².